The lowest BCUT2D eigenvalue weighted by molar-refractivity contribution is 0.108. The van der Waals surface area contributed by atoms with Gasteiger partial charge >= 0.3 is 0 Å². The molecule has 0 spiro atoms. The van der Waals surface area contributed by atoms with Crippen molar-refractivity contribution in [1.29, 1.82) is 0 Å². The van der Waals surface area contributed by atoms with Gasteiger partial charge in [0.1, 0.15) is 36.4 Å². The third kappa shape index (κ3) is 5.66. The molecule has 0 radical (unpaired) electrons. The molecule has 10 nitrogen and oxygen atoms in total. The highest BCUT2D eigenvalue weighted by atomic mass is 35.5. The summed E-state index contributed by atoms with van der Waals surface area (Å²) in [6.45, 7) is 4.21. The van der Waals surface area contributed by atoms with E-state index in [0.29, 0.717) is 57.4 Å². The van der Waals surface area contributed by atoms with Gasteiger partial charge < -0.3 is 25.0 Å². The average molecular weight is 482 g/mol. The molecule has 0 bridgehead atoms. The van der Waals surface area contributed by atoms with Crippen molar-refractivity contribution in [2.45, 2.75) is 20.0 Å². The van der Waals surface area contributed by atoms with Gasteiger partial charge in [-0.15, -0.1) is 0 Å². The van der Waals surface area contributed by atoms with E-state index in [4.69, 9.17) is 25.8 Å². The van der Waals surface area contributed by atoms with Crippen LogP contribution in [0.4, 0.5) is 11.5 Å². The van der Waals surface area contributed by atoms with Crippen LogP contribution in [0, 0.1) is 13.8 Å². The Hall–Kier alpha value is -3.60. The maximum atomic E-state index is 9.96. The Morgan fingerprint density at radius 3 is 2.62 bits per heavy atom. The lowest BCUT2D eigenvalue weighted by Crippen LogP contribution is -2.29. The van der Waals surface area contributed by atoms with Gasteiger partial charge in [0, 0.05) is 23.2 Å². The molecular weight excluding hydrogens is 458 g/mol. The minimum Gasteiger partial charge on any atom is -0.491 e. The highest BCUT2D eigenvalue weighted by molar-refractivity contribution is 6.31. The number of aliphatic hydroxyl groups is 1. The highest BCUT2D eigenvalue weighted by Crippen LogP contribution is 2.32. The molecule has 0 aliphatic heterocycles. The van der Waals surface area contributed by atoms with Crippen LogP contribution >= 0.6 is 11.6 Å². The lowest BCUT2D eigenvalue weighted by Gasteiger charge is -2.14. The Labute approximate surface area is 201 Å². The molecule has 1 aromatic carbocycles. The van der Waals surface area contributed by atoms with Gasteiger partial charge in [-0.3, -0.25) is 0 Å². The molecule has 34 heavy (non-hydrogen) atoms. The summed E-state index contributed by atoms with van der Waals surface area (Å²) < 4.78 is 11.1. The van der Waals surface area contributed by atoms with Gasteiger partial charge in [-0.2, -0.15) is 0 Å². The maximum Gasteiger partial charge on any atom is 0.162 e. The van der Waals surface area contributed by atoms with Gasteiger partial charge in [-0.25, -0.2) is 19.9 Å². The smallest absolute Gasteiger partial charge is 0.162 e. The number of halogens is 1. The molecule has 0 amide bonds. The van der Waals surface area contributed by atoms with Crippen molar-refractivity contribution in [2.75, 3.05) is 25.5 Å². The number of benzene rings is 1. The van der Waals surface area contributed by atoms with E-state index in [2.05, 4.69) is 30.7 Å². The molecule has 4 rings (SSSR count). The summed E-state index contributed by atoms with van der Waals surface area (Å²) in [5.74, 6) is 2.08. The zero-order valence-corrected chi connectivity index (χ0v) is 19.7. The second-order valence-corrected chi connectivity index (χ2v) is 8.05. The first kappa shape index (κ1) is 23.6. The molecule has 0 saturated heterocycles. The molecular formula is C23H24ClN7O3. The summed E-state index contributed by atoms with van der Waals surface area (Å²) in [7, 11) is 1.76. The van der Waals surface area contributed by atoms with E-state index >= 15 is 0 Å². The van der Waals surface area contributed by atoms with E-state index in [1.54, 1.807) is 43.7 Å². The Morgan fingerprint density at radius 2 is 1.91 bits per heavy atom. The molecule has 1 unspecified atom stereocenters. The Balaban J connectivity index is 1.74. The van der Waals surface area contributed by atoms with E-state index in [-0.39, 0.29) is 6.61 Å². The Morgan fingerprint density at radius 1 is 1.12 bits per heavy atom. The van der Waals surface area contributed by atoms with Crippen LogP contribution in [-0.2, 0) is 0 Å². The number of aliphatic hydroxyl groups excluding tert-OH is 1. The third-order valence-corrected chi connectivity index (χ3v) is 5.08. The number of aryl methyl sites for hydroxylation is 2. The molecule has 176 valence electrons. The molecule has 3 aromatic heterocycles. The first-order valence-corrected chi connectivity index (χ1v) is 10.9. The predicted molar refractivity (Wildman–Crippen MR) is 128 cm³/mol. The first-order valence-electron chi connectivity index (χ1n) is 10.5. The summed E-state index contributed by atoms with van der Waals surface area (Å²) in [5.41, 5.74) is 3.44. The molecule has 0 aliphatic rings. The van der Waals surface area contributed by atoms with Gasteiger partial charge in [-0.05, 0) is 39.1 Å². The zero-order valence-electron chi connectivity index (χ0n) is 18.9. The Bertz CT molecular complexity index is 1250. The second kappa shape index (κ2) is 10.6. The standard InChI is InChI=1S/C23H24ClN7O3/c1-13-22(14(2)34-31-13)20-7-21(28-17-8-26-12-27-9-17)30-23(29-20)15-4-16(24)6-19(5-15)33-11-18(32)10-25-3/h4-9,12,18,25,32H,10-11H2,1-3H3,(H,28,29,30). The van der Waals surface area contributed by atoms with Crippen LogP contribution in [0.1, 0.15) is 11.5 Å². The molecule has 3 N–H and O–H groups in total. The summed E-state index contributed by atoms with van der Waals surface area (Å²) in [6, 6.07) is 7.01. The van der Waals surface area contributed by atoms with Gasteiger partial charge in [0.25, 0.3) is 0 Å². The van der Waals surface area contributed by atoms with Crippen molar-refractivity contribution < 1.29 is 14.4 Å². The topological polar surface area (TPSA) is 131 Å². The number of hydrogen-bond donors (Lipinski definition) is 3. The summed E-state index contributed by atoms with van der Waals surface area (Å²) in [4.78, 5) is 17.5. The SMILES string of the molecule is CNCC(O)COc1cc(Cl)cc(-c2nc(Nc3cncnc3)cc(-c3c(C)noc3C)n2)c1. The summed E-state index contributed by atoms with van der Waals surface area (Å²) >= 11 is 6.37. The molecule has 1 atom stereocenters. The van der Waals surface area contributed by atoms with Crippen LogP contribution in [0.5, 0.6) is 5.75 Å². The van der Waals surface area contributed by atoms with Crippen molar-refractivity contribution in [3.05, 3.63) is 59.5 Å². The number of rotatable bonds is 9. The van der Waals surface area contributed by atoms with E-state index < -0.39 is 6.10 Å². The highest BCUT2D eigenvalue weighted by Gasteiger charge is 2.17. The first-order chi connectivity index (χ1) is 16.4. The zero-order chi connectivity index (χ0) is 24.1. The number of anilines is 2. The van der Waals surface area contributed by atoms with Crippen molar-refractivity contribution >= 4 is 23.1 Å². The van der Waals surface area contributed by atoms with Crippen molar-refractivity contribution in [3.8, 4) is 28.4 Å². The molecule has 0 aliphatic carbocycles. The lowest BCUT2D eigenvalue weighted by atomic mass is 10.1. The number of hydrogen-bond acceptors (Lipinski definition) is 10. The molecule has 4 aromatic rings. The predicted octanol–water partition coefficient (Wildman–Crippen LogP) is 3.56. The average Bonchev–Trinajstić information content (AvgIpc) is 3.16. The van der Waals surface area contributed by atoms with Crippen molar-refractivity contribution in [3.63, 3.8) is 0 Å². The fourth-order valence-corrected chi connectivity index (χ4v) is 3.62. The van der Waals surface area contributed by atoms with Crippen molar-refractivity contribution in [1.82, 2.24) is 30.4 Å². The molecule has 0 fully saturated rings. The fraction of sp³-hybridized carbons (Fsp3) is 0.261. The minimum absolute atomic E-state index is 0.113. The van der Waals surface area contributed by atoms with E-state index in [0.717, 1.165) is 5.56 Å². The maximum absolute atomic E-state index is 9.96. The summed E-state index contributed by atoms with van der Waals surface area (Å²) in [6.07, 6.45) is 4.08. The number of likely N-dealkylation sites (N-methyl/N-ethyl adjacent to an activating group) is 1. The quantitative estimate of drug-likeness (QED) is 0.326. The Kier molecular flexibility index (Phi) is 7.31. The van der Waals surface area contributed by atoms with E-state index in [1.165, 1.54) is 6.33 Å². The summed E-state index contributed by atoms with van der Waals surface area (Å²) in [5, 5.41) is 20.6. The van der Waals surface area contributed by atoms with Gasteiger partial charge in [0.2, 0.25) is 0 Å². The third-order valence-electron chi connectivity index (χ3n) is 4.86. The number of aromatic nitrogens is 5. The van der Waals surface area contributed by atoms with Gasteiger partial charge in [-0.1, -0.05) is 16.8 Å². The fourth-order valence-electron chi connectivity index (χ4n) is 3.39. The molecule has 0 saturated carbocycles. The molecule has 11 heteroatoms. The van der Waals surface area contributed by atoms with Crippen LogP contribution in [-0.4, -0.2) is 56.5 Å². The van der Waals surface area contributed by atoms with Gasteiger partial charge in [0.15, 0.2) is 5.82 Å². The van der Waals surface area contributed by atoms with Crippen LogP contribution < -0.4 is 15.4 Å². The van der Waals surface area contributed by atoms with Crippen LogP contribution in [0.15, 0.2) is 47.5 Å². The number of nitrogens with one attached hydrogen (secondary N) is 2. The second-order valence-electron chi connectivity index (χ2n) is 7.61. The molecule has 3 heterocycles. The van der Waals surface area contributed by atoms with Gasteiger partial charge in [0.05, 0.1) is 35.0 Å². The largest absolute Gasteiger partial charge is 0.491 e. The minimum atomic E-state index is -0.657. The van der Waals surface area contributed by atoms with Crippen LogP contribution in [0.3, 0.4) is 0 Å². The monoisotopic (exact) mass is 481 g/mol. The van der Waals surface area contributed by atoms with Crippen molar-refractivity contribution in [2.24, 2.45) is 0 Å². The number of ether oxygens (including phenoxy) is 1. The van der Waals surface area contributed by atoms with Crippen LogP contribution in [0.25, 0.3) is 22.6 Å². The van der Waals surface area contributed by atoms with E-state index in [9.17, 15) is 5.11 Å². The number of nitrogens with zero attached hydrogens (tertiary/aromatic N) is 5. The van der Waals surface area contributed by atoms with E-state index in [1.807, 2.05) is 13.8 Å². The van der Waals surface area contributed by atoms with Crippen LogP contribution in [0.2, 0.25) is 5.02 Å². The normalized spacial score (nSPS) is 11.9.